The van der Waals surface area contributed by atoms with Gasteiger partial charge in [0.15, 0.2) is 0 Å². The van der Waals surface area contributed by atoms with Gasteiger partial charge in [0.2, 0.25) is 0 Å². The van der Waals surface area contributed by atoms with Crippen LogP contribution in [0.4, 0.5) is 5.82 Å². The van der Waals surface area contributed by atoms with Crippen LogP contribution in [0.2, 0.25) is 5.02 Å². The smallest absolute Gasteiger partial charge is 0.251 e. The summed E-state index contributed by atoms with van der Waals surface area (Å²) >= 11 is 5.91. The molecule has 0 aliphatic carbocycles. The van der Waals surface area contributed by atoms with Crippen LogP contribution in [-0.2, 0) is 13.6 Å². The highest BCUT2D eigenvalue weighted by molar-refractivity contribution is 6.30. The minimum atomic E-state index is -0.173. The number of nitrogens with one attached hydrogen (secondary N) is 1. The monoisotopic (exact) mass is 455 g/mol. The van der Waals surface area contributed by atoms with Crippen molar-refractivity contribution in [2.24, 2.45) is 7.05 Å². The van der Waals surface area contributed by atoms with Crippen LogP contribution in [0.5, 0.6) is 0 Å². The molecule has 164 valence electrons. The maximum atomic E-state index is 12.7. The van der Waals surface area contributed by atoms with Crippen molar-refractivity contribution in [1.29, 1.82) is 0 Å². The zero-order valence-corrected chi connectivity index (χ0v) is 19.0. The van der Waals surface area contributed by atoms with E-state index in [9.17, 15) is 4.79 Å². The molecule has 2 heterocycles. The van der Waals surface area contributed by atoms with Crippen LogP contribution in [-0.4, -0.2) is 20.7 Å². The summed E-state index contributed by atoms with van der Waals surface area (Å²) in [6, 6.07) is 14.7. The molecule has 2 aromatic carbocycles. The molecule has 1 amide bonds. The first-order valence-electron chi connectivity index (χ1n) is 10.3. The first-order chi connectivity index (χ1) is 15.9. The van der Waals surface area contributed by atoms with E-state index in [0.717, 1.165) is 27.8 Å². The quantitative estimate of drug-likeness (QED) is 0.448. The summed E-state index contributed by atoms with van der Waals surface area (Å²) in [5.74, 6) is 6.43. The van der Waals surface area contributed by atoms with Gasteiger partial charge >= 0.3 is 0 Å². The van der Waals surface area contributed by atoms with Crippen molar-refractivity contribution in [2.75, 3.05) is 5.73 Å². The van der Waals surface area contributed by atoms with Crippen LogP contribution in [0.15, 0.2) is 67.1 Å². The van der Waals surface area contributed by atoms with Gasteiger partial charge in [-0.2, -0.15) is 5.10 Å². The number of halogens is 1. The van der Waals surface area contributed by atoms with E-state index in [1.807, 2.05) is 44.4 Å². The fourth-order valence-electron chi connectivity index (χ4n) is 3.22. The number of pyridine rings is 1. The Bertz CT molecular complexity index is 1380. The summed E-state index contributed by atoms with van der Waals surface area (Å²) in [5.41, 5.74) is 11.7. The summed E-state index contributed by atoms with van der Waals surface area (Å²) < 4.78 is 1.73. The lowest BCUT2D eigenvalue weighted by molar-refractivity contribution is 0.0951. The number of rotatable bonds is 4. The number of nitrogen functional groups attached to an aromatic ring is 1. The summed E-state index contributed by atoms with van der Waals surface area (Å²) in [6.07, 6.45) is 5.37. The molecule has 0 bridgehead atoms. The first-order valence-corrected chi connectivity index (χ1v) is 10.7. The summed E-state index contributed by atoms with van der Waals surface area (Å²) in [6.45, 7) is 2.36. The topological polar surface area (TPSA) is 85.8 Å². The zero-order chi connectivity index (χ0) is 23.4. The molecule has 7 heteroatoms. The molecule has 0 aliphatic rings. The lowest BCUT2D eigenvalue weighted by Gasteiger charge is -2.07. The second-order valence-corrected chi connectivity index (χ2v) is 8.08. The molecule has 3 N–H and O–H groups in total. The third-order valence-corrected chi connectivity index (χ3v) is 5.41. The molecule has 33 heavy (non-hydrogen) atoms. The van der Waals surface area contributed by atoms with Gasteiger partial charge < -0.3 is 11.1 Å². The van der Waals surface area contributed by atoms with E-state index in [2.05, 4.69) is 27.2 Å². The number of carbonyl (C=O) groups excluding carboxylic acids is 1. The zero-order valence-electron chi connectivity index (χ0n) is 18.3. The highest BCUT2D eigenvalue weighted by atomic mass is 35.5. The average Bonchev–Trinajstić information content (AvgIpc) is 3.25. The highest BCUT2D eigenvalue weighted by Gasteiger charge is 2.08. The highest BCUT2D eigenvalue weighted by Crippen LogP contribution is 2.21. The molecular formula is C26H22ClN5O. The van der Waals surface area contributed by atoms with E-state index in [0.29, 0.717) is 28.5 Å². The molecule has 6 nitrogen and oxygen atoms in total. The van der Waals surface area contributed by atoms with Gasteiger partial charge in [-0.15, -0.1) is 0 Å². The Morgan fingerprint density at radius 2 is 1.82 bits per heavy atom. The predicted molar refractivity (Wildman–Crippen MR) is 131 cm³/mol. The first kappa shape index (κ1) is 22.1. The van der Waals surface area contributed by atoms with Crippen molar-refractivity contribution in [2.45, 2.75) is 13.5 Å². The van der Waals surface area contributed by atoms with E-state index in [-0.39, 0.29) is 5.91 Å². The van der Waals surface area contributed by atoms with Crippen LogP contribution in [0.3, 0.4) is 0 Å². The molecule has 0 spiro atoms. The Balaban J connectivity index is 1.54. The third-order valence-electron chi connectivity index (χ3n) is 5.15. The minimum absolute atomic E-state index is 0.173. The second kappa shape index (κ2) is 9.60. The van der Waals surface area contributed by atoms with Crippen LogP contribution < -0.4 is 11.1 Å². The van der Waals surface area contributed by atoms with Crippen molar-refractivity contribution in [3.8, 4) is 23.0 Å². The maximum absolute atomic E-state index is 12.7. The molecule has 0 aliphatic heterocycles. The largest absolute Gasteiger partial charge is 0.383 e. The van der Waals surface area contributed by atoms with Crippen LogP contribution in [0.1, 0.15) is 32.6 Å². The Morgan fingerprint density at radius 1 is 1.06 bits per heavy atom. The normalized spacial score (nSPS) is 10.4. The van der Waals surface area contributed by atoms with Crippen molar-refractivity contribution in [3.63, 3.8) is 0 Å². The molecule has 0 unspecified atom stereocenters. The van der Waals surface area contributed by atoms with Gasteiger partial charge in [0.1, 0.15) is 5.82 Å². The molecule has 4 aromatic rings. The van der Waals surface area contributed by atoms with Crippen LogP contribution in [0.25, 0.3) is 11.1 Å². The standard InChI is InChI=1S/C26H22ClN5O/c1-17-3-6-21(26(33)30-13-18-4-9-24(27)10-5-18)11-19(17)7-8-20-12-22(14-29-25(20)28)23-15-31-32(2)16-23/h3-6,9-12,14-16H,13H2,1-2H3,(H2,28,29)(H,30,33). The predicted octanol–water partition coefficient (Wildman–Crippen LogP) is 4.36. The van der Waals surface area contributed by atoms with Gasteiger partial charge in [-0.3, -0.25) is 9.48 Å². The van der Waals surface area contributed by atoms with E-state index in [1.165, 1.54) is 0 Å². The summed E-state index contributed by atoms with van der Waals surface area (Å²) in [7, 11) is 1.86. The van der Waals surface area contributed by atoms with Crippen molar-refractivity contribution in [3.05, 3.63) is 100.0 Å². The number of aryl methyl sites for hydroxylation is 2. The average molecular weight is 456 g/mol. The Kier molecular flexibility index (Phi) is 6.43. The van der Waals surface area contributed by atoms with Gasteiger partial charge in [0.05, 0.1) is 11.8 Å². The second-order valence-electron chi connectivity index (χ2n) is 7.65. The van der Waals surface area contributed by atoms with Crippen LogP contribution in [0, 0.1) is 18.8 Å². The van der Waals surface area contributed by atoms with Gasteiger partial charge in [-0.05, 0) is 48.4 Å². The molecule has 4 rings (SSSR count). The van der Waals surface area contributed by atoms with Crippen LogP contribution >= 0.6 is 11.6 Å². The van der Waals surface area contributed by atoms with Crippen molar-refractivity contribution < 1.29 is 4.79 Å². The number of nitrogens with zero attached hydrogens (tertiary/aromatic N) is 3. The SMILES string of the molecule is Cc1ccc(C(=O)NCc2ccc(Cl)cc2)cc1C#Cc1cc(-c2cnn(C)c2)cnc1N. The minimum Gasteiger partial charge on any atom is -0.383 e. The summed E-state index contributed by atoms with van der Waals surface area (Å²) in [5, 5.41) is 7.78. The maximum Gasteiger partial charge on any atom is 0.251 e. The molecule has 0 atom stereocenters. The Labute approximate surface area is 197 Å². The van der Waals surface area contributed by atoms with E-state index in [1.54, 1.807) is 41.3 Å². The molecule has 0 fully saturated rings. The van der Waals surface area contributed by atoms with Gasteiger partial charge in [0, 0.05) is 53.3 Å². The number of anilines is 1. The van der Waals surface area contributed by atoms with Gasteiger partial charge in [0.25, 0.3) is 5.91 Å². The third kappa shape index (κ3) is 5.40. The molecular weight excluding hydrogens is 434 g/mol. The Morgan fingerprint density at radius 3 is 2.55 bits per heavy atom. The number of carbonyl (C=O) groups is 1. The van der Waals surface area contributed by atoms with Crippen molar-refractivity contribution >= 4 is 23.3 Å². The van der Waals surface area contributed by atoms with Crippen molar-refractivity contribution in [1.82, 2.24) is 20.1 Å². The van der Waals surface area contributed by atoms with Gasteiger partial charge in [-0.25, -0.2) is 4.98 Å². The molecule has 0 saturated heterocycles. The van der Waals surface area contributed by atoms with E-state index >= 15 is 0 Å². The molecule has 0 radical (unpaired) electrons. The number of aromatic nitrogens is 3. The fraction of sp³-hybridized carbons (Fsp3) is 0.115. The Hall–Kier alpha value is -4.08. The summed E-state index contributed by atoms with van der Waals surface area (Å²) in [4.78, 5) is 16.9. The van der Waals surface area contributed by atoms with E-state index < -0.39 is 0 Å². The van der Waals surface area contributed by atoms with E-state index in [4.69, 9.17) is 17.3 Å². The van der Waals surface area contributed by atoms with Gasteiger partial charge in [-0.1, -0.05) is 41.6 Å². The molecule has 0 saturated carbocycles. The lowest BCUT2D eigenvalue weighted by Crippen LogP contribution is -2.22. The number of hydrogen-bond donors (Lipinski definition) is 2. The fourth-order valence-corrected chi connectivity index (χ4v) is 3.35. The molecule has 2 aromatic heterocycles. The number of nitrogens with two attached hydrogens (primary N) is 1. The number of amides is 1. The lowest BCUT2D eigenvalue weighted by atomic mass is 10.0. The number of hydrogen-bond acceptors (Lipinski definition) is 4. The number of benzene rings is 2.